The summed E-state index contributed by atoms with van der Waals surface area (Å²) >= 11 is 0. The molecular weight excluding hydrogens is 228 g/mol. The summed E-state index contributed by atoms with van der Waals surface area (Å²) in [6.07, 6.45) is 0. The molecule has 0 saturated heterocycles. The van der Waals surface area contributed by atoms with E-state index in [-0.39, 0.29) is 18.1 Å². The average Bonchev–Trinajstić information content (AvgIpc) is 2.29. The Morgan fingerprint density at radius 1 is 1.33 bits per heavy atom. The van der Waals surface area contributed by atoms with Crippen LogP contribution in [-0.4, -0.2) is 24.7 Å². The second-order valence-corrected chi connectivity index (χ2v) is 5.10. The van der Waals surface area contributed by atoms with Crippen molar-refractivity contribution in [2.24, 2.45) is 0 Å². The molecule has 100 valence electrons. The molecule has 0 aromatic heterocycles. The molecule has 0 bridgehead atoms. The van der Waals surface area contributed by atoms with E-state index >= 15 is 0 Å². The number of ether oxygens (including phenoxy) is 1. The van der Waals surface area contributed by atoms with Crippen LogP contribution in [-0.2, 0) is 9.53 Å². The molecule has 2 N–H and O–H groups in total. The summed E-state index contributed by atoms with van der Waals surface area (Å²) in [5.41, 5.74) is 6.90. The molecule has 4 heteroatoms. The minimum Gasteiger partial charge on any atom is -0.397 e. The Morgan fingerprint density at radius 3 is 2.44 bits per heavy atom. The van der Waals surface area contributed by atoms with E-state index in [1.807, 2.05) is 45.9 Å². The monoisotopic (exact) mass is 250 g/mol. The van der Waals surface area contributed by atoms with Gasteiger partial charge in [-0.15, -0.1) is 0 Å². The molecule has 0 unspecified atom stereocenters. The van der Waals surface area contributed by atoms with Crippen LogP contribution in [0.1, 0.15) is 27.7 Å². The predicted molar refractivity (Wildman–Crippen MR) is 74.6 cm³/mol. The van der Waals surface area contributed by atoms with Gasteiger partial charge < -0.3 is 15.4 Å². The largest absolute Gasteiger partial charge is 0.397 e. The zero-order valence-corrected chi connectivity index (χ0v) is 11.6. The SMILES string of the molecule is CCN(C(=O)COC(C)(C)C)c1ccccc1N. The molecule has 0 saturated carbocycles. The van der Waals surface area contributed by atoms with Gasteiger partial charge in [-0.05, 0) is 39.8 Å². The first-order valence-electron chi connectivity index (χ1n) is 6.14. The van der Waals surface area contributed by atoms with Gasteiger partial charge in [0.25, 0.3) is 5.91 Å². The van der Waals surface area contributed by atoms with Crippen LogP contribution >= 0.6 is 0 Å². The van der Waals surface area contributed by atoms with Crippen LogP contribution in [0.25, 0.3) is 0 Å². The van der Waals surface area contributed by atoms with Gasteiger partial charge in [0.1, 0.15) is 6.61 Å². The van der Waals surface area contributed by atoms with Crippen LogP contribution < -0.4 is 10.6 Å². The van der Waals surface area contributed by atoms with Crippen molar-refractivity contribution in [2.75, 3.05) is 23.8 Å². The van der Waals surface area contributed by atoms with E-state index in [9.17, 15) is 4.79 Å². The molecule has 0 atom stereocenters. The number of anilines is 2. The maximum atomic E-state index is 12.1. The number of nitrogen functional groups attached to an aromatic ring is 1. The van der Waals surface area contributed by atoms with E-state index in [1.54, 1.807) is 11.0 Å². The standard InChI is InChI=1S/C14H22N2O2/c1-5-16(12-9-7-6-8-11(12)15)13(17)10-18-14(2,3)4/h6-9H,5,10,15H2,1-4H3. The number of hydrogen-bond acceptors (Lipinski definition) is 3. The number of carbonyl (C=O) groups is 1. The number of nitrogens with zero attached hydrogens (tertiary/aromatic N) is 1. The molecule has 0 spiro atoms. The molecule has 0 aliphatic heterocycles. The van der Waals surface area contributed by atoms with E-state index in [0.29, 0.717) is 12.2 Å². The Morgan fingerprint density at radius 2 is 1.94 bits per heavy atom. The van der Waals surface area contributed by atoms with Crippen molar-refractivity contribution in [3.63, 3.8) is 0 Å². The molecule has 4 nitrogen and oxygen atoms in total. The maximum Gasteiger partial charge on any atom is 0.253 e. The third kappa shape index (κ3) is 4.04. The minimum absolute atomic E-state index is 0.0612. The molecule has 1 aromatic carbocycles. The second-order valence-electron chi connectivity index (χ2n) is 5.10. The number of rotatable bonds is 4. The van der Waals surface area contributed by atoms with Gasteiger partial charge in [-0.25, -0.2) is 0 Å². The molecule has 0 fully saturated rings. The molecule has 0 aliphatic rings. The fourth-order valence-electron chi connectivity index (χ4n) is 1.57. The summed E-state index contributed by atoms with van der Waals surface area (Å²) in [6.45, 7) is 8.32. The van der Waals surface area contributed by atoms with Crippen LogP contribution in [0.5, 0.6) is 0 Å². The number of carbonyl (C=O) groups excluding carboxylic acids is 1. The van der Waals surface area contributed by atoms with Crippen LogP contribution in [0.2, 0.25) is 0 Å². The molecule has 1 rings (SSSR count). The summed E-state index contributed by atoms with van der Waals surface area (Å²) in [7, 11) is 0. The zero-order chi connectivity index (χ0) is 13.8. The van der Waals surface area contributed by atoms with Crippen molar-refractivity contribution in [1.82, 2.24) is 0 Å². The number of hydrogen-bond donors (Lipinski definition) is 1. The van der Waals surface area contributed by atoms with Gasteiger partial charge in [-0.2, -0.15) is 0 Å². The first kappa shape index (κ1) is 14.5. The van der Waals surface area contributed by atoms with E-state index in [0.717, 1.165) is 5.69 Å². The van der Waals surface area contributed by atoms with Gasteiger partial charge in [-0.3, -0.25) is 4.79 Å². The fraction of sp³-hybridized carbons (Fsp3) is 0.500. The summed E-state index contributed by atoms with van der Waals surface area (Å²) in [4.78, 5) is 13.8. The van der Waals surface area contributed by atoms with Gasteiger partial charge in [-0.1, -0.05) is 12.1 Å². The normalized spacial score (nSPS) is 11.3. The van der Waals surface area contributed by atoms with Gasteiger partial charge >= 0.3 is 0 Å². The van der Waals surface area contributed by atoms with E-state index < -0.39 is 0 Å². The molecule has 1 amide bonds. The van der Waals surface area contributed by atoms with Gasteiger partial charge in [0, 0.05) is 6.54 Å². The van der Waals surface area contributed by atoms with Crippen molar-refractivity contribution in [1.29, 1.82) is 0 Å². The number of amides is 1. The Labute approximate surface area is 109 Å². The van der Waals surface area contributed by atoms with Crippen molar-refractivity contribution in [2.45, 2.75) is 33.3 Å². The Balaban J connectivity index is 2.78. The van der Waals surface area contributed by atoms with Gasteiger partial charge in [0.15, 0.2) is 0 Å². The molecular formula is C14H22N2O2. The van der Waals surface area contributed by atoms with Crippen LogP contribution in [0.4, 0.5) is 11.4 Å². The predicted octanol–water partition coefficient (Wildman–Crippen LogP) is 2.44. The molecule has 18 heavy (non-hydrogen) atoms. The van der Waals surface area contributed by atoms with Gasteiger partial charge in [0.2, 0.25) is 0 Å². The fourth-order valence-corrected chi connectivity index (χ4v) is 1.57. The second kappa shape index (κ2) is 5.87. The third-order valence-electron chi connectivity index (χ3n) is 2.47. The number of nitrogens with two attached hydrogens (primary N) is 1. The van der Waals surface area contributed by atoms with Gasteiger partial charge in [0.05, 0.1) is 17.0 Å². The van der Waals surface area contributed by atoms with E-state index in [1.165, 1.54) is 0 Å². The van der Waals surface area contributed by atoms with Crippen molar-refractivity contribution >= 4 is 17.3 Å². The van der Waals surface area contributed by atoms with E-state index in [2.05, 4.69) is 0 Å². The highest BCUT2D eigenvalue weighted by molar-refractivity contribution is 5.97. The molecule has 0 heterocycles. The molecule has 0 radical (unpaired) electrons. The lowest BCUT2D eigenvalue weighted by molar-refractivity contribution is -0.127. The van der Waals surface area contributed by atoms with Crippen LogP contribution in [0.15, 0.2) is 24.3 Å². The lowest BCUT2D eigenvalue weighted by Crippen LogP contribution is -2.36. The van der Waals surface area contributed by atoms with Crippen LogP contribution in [0, 0.1) is 0 Å². The van der Waals surface area contributed by atoms with Crippen molar-refractivity contribution in [3.05, 3.63) is 24.3 Å². The number of benzene rings is 1. The van der Waals surface area contributed by atoms with Crippen molar-refractivity contribution in [3.8, 4) is 0 Å². The Hall–Kier alpha value is -1.55. The molecule has 0 aliphatic carbocycles. The molecule has 1 aromatic rings. The lowest BCUT2D eigenvalue weighted by atomic mass is 10.2. The number of para-hydroxylation sites is 2. The maximum absolute atomic E-state index is 12.1. The quantitative estimate of drug-likeness (QED) is 0.835. The summed E-state index contributed by atoms with van der Waals surface area (Å²) in [5.74, 6) is -0.0784. The highest BCUT2D eigenvalue weighted by Gasteiger charge is 2.19. The smallest absolute Gasteiger partial charge is 0.253 e. The summed E-state index contributed by atoms with van der Waals surface area (Å²) < 4.78 is 5.50. The zero-order valence-electron chi connectivity index (χ0n) is 11.6. The topological polar surface area (TPSA) is 55.6 Å². The summed E-state index contributed by atoms with van der Waals surface area (Å²) in [6, 6.07) is 7.35. The van der Waals surface area contributed by atoms with E-state index in [4.69, 9.17) is 10.5 Å². The first-order valence-corrected chi connectivity index (χ1v) is 6.14. The third-order valence-corrected chi connectivity index (χ3v) is 2.47. The summed E-state index contributed by atoms with van der Waals surface area (Å²) in [5, 5.41) is 0. The number of likely N-dealkylation sites (N-methyl/N-ethyl adjacent to an activating group) is 1. The highest BCUT2D eigenvalue weighted by Crippen LogP contribution is 2.22. The van der Waals surface area contributed by atoms with Crippen molar-refractivity contribution < 1.29 is 9.53 Å². The Kier molecular flexibility index (Phi) is 4.73. The lowest BCUT2D eigenvalue weighted by Gasteiger charge is -2.25. The average molecular weight is 250 g/mol. The van der Waals surface area contributed by atoms with Crippen LogP contribution in [0.3, 0.4) is 0 Å². The highest BCUT2D eigenvalue weighted by atomic mass is 16.5. The first-order chi connectivity index (χ1) is 8.35. The minimum atomic E-state index is -0.322. The Bertz CT molecular complexity index is 411.